The van der Waals surface area contributed by atoms with E-state index in [1.165, 1.54) is 6.92 Å². The lowest BCUT2D eigenvalue weighted by molar-refractivity contribution is -0.384. The summed E-state index contributed by atoms with van der Waals surface area (Å²) in [6.07, 6.45) is 0.631. The number of carbonyl (C=O) groups is 2. The second kappa shape index (κ2) is 7.53. The molecule has 0 bridgehead atoms. The summed E-state index contributed by atoms with van der Waals surface area (Å²) in [7, 11) is 0. The number of anilines is 1. The fourth-order valence-corrected chi connectivity index (χ4v) is 3.35. The predicted octanol–water partition coefficient (Wildman–Crippen LogP) is 3.21. The highest BCUT2D eigenvalue weighted by Crippen LogP contribution is 2.33. The van der Waals surface area contributed by atoms with Gasteiger partial charge in [-0.25, -0.2) is 4.39 Å². The minimum Gasteiger partial charge on any atom is -0.335 e. The normalized spacial score (nSPS) is 15.8. The molecule has 1 heterocycles. The van der Waals surface area contributed by atoms with Gasteiger partial charge in [0.15, 0.2) is 0 Å². The van der Waals surface area contributed by atoms with Crippen molar-refractivity contribution in [3.05, 3.63) is 69.5 Å². The monoisotopic (exact) mass is 371 g/mol. The van der Waals surface area contributed by atoms with Crippen LogP contribution in [0.4, 0.5) is 15.8 Å². The summed E-state index contributed by atoms with van der Waals surface area (Å²) in [5, 5.41) is 13.2. The number of carbonyl (C=O) groups excluding carboxylic acids is 2. The van der Waals surface area contributed by atoms with E-state index in [1.54, 1.807) is 4.90 Å². The van der Waals surface area contributed by atoms with Crippen LogP contribution in [0.3, 0.4) is 0 Å². The number of halogens is 1. The van der Waals surface area contributed by atoms with Crippen molar-refractivity contribution < 1.29 is 18.9 Å². The van der Waals surface area contributed by atoms with Gasteiger partial charge in [0.1, 0.15) is 5.82 Å². The van der Waals surface area contributed by atoms with Crippen molar-refractivity contribution in [3.63, 3.8) is 0 Å². The molecule has 8 heteroatoms. The molecule has 0 aromatic heterocycles. The van der Waals surface area contributed by atoms with Crippen molar-refractivity contribution in [3.8, 4) is 0 Å². The molecule has 0 saturated heterocycles. The highest BCUT2D eigenvalue weighted by Gasteiger charge is 2.30. The molecule has 0 aliphatic carbocycles. The van der Waals surface area contributed by atoms with Crippen LogP contribution in [0.5, 0.6) is 0 Å². The van der Waals surface area contributed by atoms with Gasteiger partial charge in [-0.1, -0.05) is 24.3 Å². The Labute approximate surface area is 154 Å². The van der Waals surface area contributed by atoms with Crippen molar-refractivity contribution in [1.82, 2.24) is 4.90 Å². The maximum Gasteiger partial charge on any atom is 0.271 e. The van der Waals surface area contributed by atoms with E-state index in [4.69, 9.17) is 0 Å². The van der Waals surface area contributed by atoms with Crippen LogP contribution < -0.4 is 5.32 Å². The second-order valence-corrected chi connectivity index (χ2v) is 6.35. The summed E-state index contributed by atoms with van der Waals surface area (Å²) >= 11 is 0. The Kier molecular flexibility index (Phi) is 5.16. The Bertz CT molecular complexity index is 916. The number of rotatable bonds is 4. The van der Waals surface area contributed by atoms with E-state index < -0.39 is 22.7 Å². The predicted molar refractivity (Wildman–Crippen MR) is 96.6 cm³/mol. The van der Waals surface area contributed by atoms with Gasteiger partial charge < -0.3 is 10.2 Å². The molecule has 0 saturated carbocycles. The maximum absolute atomic E-state index is 13.9. The van der Waals surface area contributed by atoms with Crippen LogP contribution in [0.2, 0.25) is 0 Å². The molecule has 0 fully saturated rings. The molecule has 1 aliphatic heterocycles. The smallest absolute Gasteiger partial charge is 0.271 e. The first-order valence-corrected chi connectivity index (χ1v) is 8.45. The number of nitrogens with zero attached hydrogens (tertiary/aromatic N) is 2. The lowest BCUT2D eigenvalue weighted by atomic mass is 9.90. The van der Waals surface area contributed by atoms with Gasteiger partial charge in [0.2, 0.25) is 11.8 Å². The van der Waals surface area contributed by atoms with Crippen LogP contribution >= 0.6 is 0 Å². The van der Waals surface area contributed by atoms with E-state index in [2.05, 4.69) is 5.32 Å². The lowest BCUT2D eigenvalue weighted by Gasteiger charge is -2.36. The molecule has 2 aromatic rings. The first kappa shape index (κ1) is 18.5. The van der Waals surface area contributed by atoms with Gasteiger partial charge in [0.05, 0.1) is 23.1 Å². The number of hydrogen-bond donors (Lipinski definition) is 1. The van der Waals surface area contributed by atoms with E-state index in [0.29, 0.717) is 13.0 Å². The average molecular weight is 371 g/mol. The highest BCUT2D eigenvalue weighted by molar-refractivity contribution is 5.92. The molecule has 27 heavy (non-hydrogen) atoms. The Morgan fingerprint density at radius 2 is 2.04 bits per heavy atom. The van der Waals surface area contributed by atoms with Gasteiger partial charge in [-0.3, -0.25) is 19.7 Å². The number of nitrogens with one attached hydrogen (secondary N) is 1. The van der Waals surface area contributed by atoms with E-state index in [-0.39, 0.29) is 23.7 Å². The third-order valence-corrected chi connectivity index (χ3v) is 4.63. The molecule has 1 unspecified atom stereocenters. The first-order valence-electron chi connectivity index (χ1n) is 8.45. The summed E-state index contributed by atoms with van der Waals surface area (Å²) in [6.45, 7) is 1.94. The van der Waals surface area contributed by atoms with Crippen LogP contribution in [0.25, 0.3) is 0 Å². The zero-order valence-corrected chi connectivity index (χ0v) is 14.6. The van der Waals surface area contributed by atoms with Crippen LogP contribution in [0, 0.1) is 15.9 Å². The summed E-state index contributed by atoms with van der Waals surface area (Å²) in [4.78, 5) is 36.3. The lowest BCUT2D eigenvalue weighted by Crippen LogP contribution is -2.40. The third-order valence-electron chi connectivity index (χ3n) is 4.63. The zero-order valence-electron chi connectivity index (χ0n) is 14.6. The molecule has 0 spiro atoms. The standard InChI is InChI=1S/C19H18FN3O4/c1-12(24)22-9-8-13-4-2-3-5-15(13)18(22)11-19(25)21-17-10-14(23(26)27)6-7-16(17)20/h2-7,10,18H,8-9,11H2,1H3,(H,21,25). The third kappa shape index (κ3) is 3.94. The average Bonchev–Trinajstić information content (AvgIpc) is 2.63. The molecular formula is C19H18FN3O4. The van der Waals surface area contributed by atoms with Gasteiger partial charge in [-0.2, -0.15) is 0 Å². The second-order valence-electron chi connectivity index (χ2n) is 6.35. The molecule has 1 aliphatic rings. The largest absolute Gasteiger partial charge is 0.335 e. The highest BCUT2D eigenvalue weighted by atomic mass is 19.1. The maximum atomic E-state index is 13.9. The van der Waals surface area contributed by atoms with Crippen LogP contribution in [0.15, 0.2) is 42.5 Å². The molecule has 1 atom stereocenters. The molecule has 2 aromatic carbocycles. The molecule has 2 amide bonds. The number of nitro groups is 1. The Morgan fingerprint density at radius 1 is 1.30 bits per heavy atom. The Morgan fingerprint density at radius 3 is 2.74 bits per heavy atom. The number of amides is 2. The van der Waals surface area contributed by atoms with Gasteiger partial charge in [-0.05, 0) is 23.6 Å². The number of hydrogen-bond acceptors (Lipinski definition) is 4. The van der Waals surface area contributed by atoms with Gasteiger partial charge >= 0.3 is 0 Å². The SMILES string of the molecule is CC(=O)N1CCc2ccccc2C1CC(=O)Nc1cc([N+](=O)[O-])ccc1F. The summed E-state index contributed by atoms with van der Waals surface area (Å²) in [6, 6.07) is 10.0. The van der Waals surface area contributed by atoms with Crippen LogP contribution in [0.1, 0.15) is 30.5 Å². The quantitative estimate of drug-likeness (QED) is 0.660. The summed E-state index contributed by atoms with van der Waals surface area (Å²) in [5.41, 5.74) is 1.37. The van der Waals surface area contributed by atoms with Crippen molar-refractivity contribution >= 4 is 23.2 Å². The van der Waals surface area contributed by atoms with Gasteiger partial charge in [0.25, 0.3) is 5.69 Å². The Balaban J connectivity index is 1.83. The van der Waals surface area contributed by atoms with Crippen molar-refractivity contribution in [1.29, 1.82) is 0 Å². The number of benzene rings is 2. The number of non-ortho nitro benzene ring substituents is 1. The van der Waals surface area contributed by atoms with E-state index in [0.717, 1.165) is 29.3 Å². The van der Waals surface area contributed by atoms with Gasteiger partial charge in [-0.15, -0.1) is 0 Å². The molecular weight excluding hydrogens is 353 g/mol. The minimum atomic E-state index is -0.763. The summed E-state index contributed by atoms with van der Waals surface area (Å²) in [5.74, 6) is -1.44. The summed E-state index contributed by atoms with van der Waals surface area (Å²) < 4.78 is 13.9. The number of fused-ring (bicyclic) bond motifs is 1. The number of nitro benzene ring substituents is 1. The van der Waals surface area contributed by atoms with E-state index in [1.807, 2.05) is 24.3 Å². The first-order chi connectivity index (χ1) is 12.9. The molecule has 1 N–H and O–H groups in total. The zero-order chi connectivity index (χ0) is 19.6. The minimum absolute atomic E-state index is 0.0707. The van der Waals surface area contributed by atoms with E-state index >= 15 is 0 Å². The van der Waals surface area contributed by atoms with E-state index in [9.17, 15) is 24.1 Å². The van der Waals surface area contributed by atoms with Gasteiger partial charge in [0, 0.05) is 25.6 Å². The van der Waals surface area contributed by atoms with Crippen LogP contribution in [-0.4, -0.2) is 28.2 Å². The van der Waals surface area contributed by atoms with Crippen molar-refractivity contribution in [2.24, 2.45) is 0 Å². The van der Waals surface area contributed by atoms with Crippen molar-refractivity contribution in [2.45, 2.75) is 25.8 Å². The fraction of sp³-hybridized carbons (Fsp3) is 0.263. The molecule has 140 valence electrons. The van der Waals surface area contributed by atoms with Crippen LogP contribution in [-0.2, 0) is 16.0 Å². The molecule has 3 rings (SSSR count). The van der Waals surface area contributed by atoms with Crippen molar-refractivity contribution in [2.75, 3.05) is 11.9 Å². The topological polar surface area (TPSA) is 92.6 Å². The molecule has 7 nitrogen and oxygen atoms in total. The Hall–Kier alpha value is -3.29. The molecule has 0 radical (unpaired) electrons. The fourth-order valence-electron chi connectivity index (χ4n) is 3.35.